The summed E-state index contributed by atoms with van der Waals surface area (Å²) in [6, 6.07) is 11.8. The first-order chi connectivity index (χ1) is 8.56. The normalized spacial score (nSPS) is 10.1. The molecule has 2 rings (SSSR count). The van der Waals surface area contributed by atoms with Crippen LogP contribution in [-0.2, 0) is 0 Å². The number of rotatable bonds is 3. The van der Waals surface area contributed by atoms with Gasteiger partial charge in [-0.1, -0.05) is 23.2 Å². The van der Waals surface area contributed by atoms with Crippen LogP contribution in [0.25, 0.3) is 0 Å². The number of nitrogen functional groups attached to an aromatic ring is 1. The largest absolute Gasteiger partial charge is 0.456 e. The molecule has 92 valence electrons. The van der Waals surface area contributed by atoms with Gasteiger partial charge >= 0.3 is 0 Å². The van der Waals surface area contributed by atoms with E-state index in [0.29, 0.717) is 27.1 Å². The topological polar surface area (TPSA) is 59.1 Å². The molecule has 5 heteroatoms. The Bertz CT molecular complexity index is 582. The predicted octanol–water partition coefficient (Wildman–Crippen LogP) is 4.07. The van der Waals surface area contributed by atoms with Crippen LogP contribution in [-0.4, -0.2) is 5.84 Å². The van der Waals surface area contributed by atoms with Gasteiger partial charge in [-0.05, 0) is 36.4 Å². The second-order valence-corrected chi connectivity index (χ2v) is 4.46. The number of nitrogens with one attached hydrogen (secondary N) is 1. The maximum absolute atomic E-state index is 7.29. The molecule has 0 aromatic heterocycles. The zero-order chi connectivity index (χ0) is 13.1. The van der Waals surface area contributed by atoms with Crippen molar-refractivity contribution in [3.05, 3.63) is 58.1 Å². The first kappa shape index (κ1) is 12.7. The van der Waals surface area contributed by atoms with Crippen molar-refractivity contribution in [2.45, 2.75) is 0 Å². The van der Waals surface area contributed by atoms with Gasteiger partial charge in [0.15, 0.2) is 0 Å². The van der Waals surface area contributed by atoms with E-state index in [2.05, 4.69) is 0 Å². The average molecular weight is 281 g/mol. The number of ether oxygens (including phenoxy) is 1. The quantitative estimate of drug-likeness (QED) is 0.658. The van der Waals surface area contributed by atoms with Crippen LogP contribution in [0.4, 0.5) is 0 Å². The molecule has 2 aromatic carbocycles. The van der Waals surface area contributed by atoms with Crippen molar-refractivity contribution in [1.29, 1.82) is 5.41 Å². The summed E-state index contributed by atoms with van der Waals surface area (Å²) in [4.78, 5) is 0. The van der Waals surface area contributed by atoms with E-state index in [1.165, 1.54) is 0 Å². The summed E-state index contributed by atoms with van der Waals surface area (Å²) in [6.07, 6.45) is 0. The number of halogens is 2. The van der Waals surface area contributed by atoms with Gasteiger partial charge in [0.2, 0.25) is 0 Å². The molecule has 0 amide bonds. The van der Waals surface area contributed by atoms with Crippen molar-refractivity contribution in [1.82, 2.24) is 0 Å². The van der Waals surface area contributed by atoms with E-state index < -0.39 is 0 Å². The number of hydrogen-bond acceptors (Lipinski definition) is 2. The lowest BCUT2D eigenvalue weighted by Gasteiger charge is -2.08. The predicted molar refractivity (Wildman–Crippen MR) is 74.0 cm³/mol. The highest BCUT2D eigenvalue weighted by molar-refractivity contribution is 6.34. The zero-order valence-electron chi connectivity index (χ0n) is 9.28. The Morgan fingerprint density at radius 2 is 1.72 bits per heavy atom. The van der Waals surface area contributed by atoms with Crippen molar-refractivity contribution in [3.63, 3.8) is 0 Å². The lowest BCUT2D eigenvalue weighted by molar-refractivity contribution is 0.483. The van der Waals surface area contributed by atoms with Crippen LogP contribution >= 0.6 is 23.2 Å². The number of amidine groups is 1. The molecule has 0 spiro atoms. The van der Waals surface area contributed by atoms with Crippen LogP contribution in [0.15, 0.2) is 42.5 Å². The summed E-state index contributed by atoms with van der Waals surface area (Å²) in [7, 11) is 0. The van der Waals surface area contributed by atoms with Crippen molar-refractivity contribution >= 4 is 29.0 Å². The number of hydrogen-bond donors (Lipinski definition) is 2. The molecule has 2 aromatic rings. The Balaban J connectivity index is 2.23. The Morgan fingerprint density at radius 3 is 2.33 bits per heavy atom. The highest BCUT2D eigenvalue weighted by atomic mass is 35.5. The second kappa shape index (κ2) is 5.29. The number of nitrogens with two attached hydrogens (primary N) is 1. The van der Waals surface area contributed by atoms with E-state index in [1.807, 2.05) is 0 Å². The monoisotopic (exact) mass is 280 g/mol. The van der Waals surface area contributed by atoms with Gasteiger partial charge in [-0.15, -0.1) is 0 Å². The summed E-state index contributed by atoms with van der Waals surface area (Å²) >= 11 is 11.9. The fourth-order valence-corrected chi connectivity index (χ4v) is 1.70. The fourth-order valence-electron chi connectivity index (χ4n) is 1.38. The molecule has 0 aliphatic heterocycles. The lowest BCUT2D eigenvalue weighted by Crippen LogP contribution is -2.10. The van der Waals surface area contributed by atoms with E-state index in [0.717, 1.165) is 0 Å². The van der Waals surface area contributed by atoms with Crippen molar-refractivity contribution in [3.8, 4) is 11.5 Å². The van der Waals surface area contributed by atoms with E-state index in [4.69, 9.17) is 39.1 Å². The SMILES string of the molecule is N=C(N)c1ccc(Oc2cc(Cl)ccc2Cl)cc1. The highest BCUT2D eigenvalue weighted by Gasteiger charge is 2.04. The molecule has 0 aliphatic rings. The standard InChI is InChI=1S/C13H10Cl2N2O/c14-9-3-6-11(15)12(7-9)18-10-4-1-8(2-5-10)13(16)17/h1-7H,(H3,16,17). The molecule has 0 saturated heterocycles. The molecule has 0 aliphatic carbocycles. The van der Waals surface area contributed by atoms with Crippen molar-refractivity contribution in [2.24, 2.45) is 5.73 Å². The van der Waals surface area contributed by atoms with Crippen LogP contribution in [0.1, 0.15) is 5.56 Å². The smallest absolute Gasteiger partial charge is 0.147 e. The maximum Gasteiger partial charge on any atom is 0.147 e. The van der Waals surface area contributed by atoms with Gasteiger partial charge in [0, 0.05) is 16.7 Å². The number of benzene rings is 2. The van der Waals surface area contributed by atoms with Gasteiger partial charge in [0.05, 0.1) is 5.02 Å². The molecule has 0 radical (unpaired) electrons. The maximum atomic E-state index is 7.29. The molecule has 0 fully saturated rings. The lowest BCUT2D eigenvalue weighted by atomic mass is 10.2. The third-order valence-electron chi connectivity index (χ3n) is 2.29. The molecule has 3 nitrogen and oxygen atoms in total. The first-order valence-corrected chi connectivity index (χ1v) is 5.89. The molecule has 0 saturated carbocycles. The van der Waals surface area contributed by atoms with Gasteiger partial charge in [-0.2, -0.15) is 0 Å². The van der Waals surface area contributed by atoms with Gasteiger partial charge in [0.25, 0.3) is 0 Å². The third kappa shape index (κ3) is 2.94. The van der Waals surface area contributed by atoms with E-state index in [1.54, 1.807) is 42.5 Å². The minimum Gasteiger partial charge on any atom is -0.456 e. The Hall–Kier alpha value is -1.71. The highest BCUT2D eigenvalue weighted by Crippen LogP contribution is 2.31. The summed E-state index contributed by atoms with van der Waals surface area (Å²) in [5.74, 6) is 1.10. The Labute approximate surface area is 115 Å². The summed E-state index contributed by atoms with van der Waals surface area (Å²) in [5.41, 5.74) is 6.00. The molecule has 0 heterocycles. The van der Waals surface area contributed by atoms with Crippen LogP contribution in [0, 0.1) is 5.41 Å². The molecule has 18 heavy (non-hydrogen) atoms. The van der Waals surface area contributed by atoms with E-state index in [-0.39, 0.29) is 5.84 Å². The average Bonchev–Trinajstić information content (AvgIpc) is 2.34. The van der Waals surface area contributed by atoms with Crippen LogP contribution in [0.5, 0.6) is 11.5 Å². The van der Waals surface area contributed by atoms with Crippen LogP contribution in [0.2, 0.25) is 10.0 Å². The summed E-state index contributed by atoms with van der Waals surface area (Å²) in [5, 5.41) is 8.32. The molecular formula is C13H10Cl2N2O. The van der Waals surface area contributed by atoms with Gasteiger partial charge in [0.1, 0.15) is 17.3 Å². The molecule has 0 bridgehead atoms. The fraction of sp³-hybridized carbons (Fsp3) is 0. The van der Waals surface area contributed by atoms with Gasteiger partial charge in [-0.3, -0.25) is 5.41 Å². The minimum atomic E-state index is 0.0161. The minimum absolute atomic E-state index is 0.0161. The van der Waals surface area contributed by atoms with Gasteiger partial charge < -0.3 is 10.5 Å². The zero-order valence-corrected chi connectivity index (χ0v) is 10.8. The molecule has 0 atom stereocenters. The third-order valence-corrected chi connectivity index (χ3v) is 2.83. The Morgan fingerprint density at radius 1 is 1.06 bits per heavy atom. The summed E-state index contributed by atoms with van der Waals surface area (Å²) in [6.45, 7) is 0. The van der Waals surface area contributed by atoms with Crippen LogP contribution in [0.3, 0.4) is 0 Å². The van der Waals surface area contributed by atoms with E-state index >= 15 is 0 Å². The molecular weight excluding hydrogens is 271 g/mol. The molecule has 3 N–H and O–H groups in total. The second-order valence-electron chi connectivity index (χ2n) is 3.61. The first-order valence-electron chi connectivity index (χ1n) is 5.13. The van der Waals surface area contributed by atoms with Crippen molar-refractivity contribution in [2.75, 3.05) is 0 Å². The molecule has 0 unspecified atom stereocenters. The van der Waals surface area contributed by atoms with Gasteiger partial charge in [-0.25, -0.2) is 0 Å². The Kier molecular flexibility index (Phi) is 3.75. The van der Waals surface area contributed by atoms with Crippen LogP contribution < -0.4 is 10.5 Å². The summed E-state index contributed by atoms with van der Waals surface area (Å²) < 4.78 is 5.60. The van der Waals surface area contributed by atoms with Crippen molar-refractivity contribution < 1.29 is 4.74 Å². The van der Waals surface area contributed by atoms with E-state index in [9.17, 15) is 0 Å².